The highest BCUT2D eigenvalue weighted by atomic mass is 14.8. The Balaban J connectivity index is 3.02. The van der Waals surface area contributed by atoms with Crippen LogP contribution in [0.5, 0.6) is 0 Å². The molecule has 1 aromatic rings. The molecule has 0 saturated heterocycles. The van der Waals surface area contributed by atoms with Gasteiger partial charge in [0, 0.05) is 18.9 Å². The van der Waals surface area contributed by atoms with E-state index in [9.17, 15) is 0 Å². The van der Waals surface area contributed by atoms with Gasteiger partial charge in [-0.3, -0.25) is 9.97 Å². The Bertz CT molecular complexity index is 292. The molecule has 12 heavy (non-hydrogen) atoms. The molecule has 2 N–H and O–H groups in total. The van der Waals surface area contributed by atoms with Crippen LogP contribution in [0, 0.1) is 6.92 Å². The summed E-state index contributed by atoms with van der Waals surface area (Å²) in [5.41, 5.74) is 8.36. The van der Waals surface area contributed by atoms with Gasteiger partial charge in [-0.2, -0.15) is 0 Å². The van der Waals surface area contributed by atoms with Crippen molar-refractivity contribution in [3.8, 4) is 0 Å². The molecular formula is C9H13N3. The molecule has 0 aliphatic heterocycles. The number of aromatic nitrogens is 2. The lowest BCUT2D eigenvalue weighted by molar-refractivity contribution is 1.08. The molecule has 1 rings (SSSR count). The number of rotatable bonds is 2. The summed E-state index contributed by atoms with van der Waals surface area (Å²) in [5.74, 6) is 0. The van der Waals surface area contributed by atoms with Crippen molar-refractivity contribution in [3.05, 3.63) is 29.9 Å². The maximum absolute atomic E-state index is 5.39. The molecule has 0 atom stereocenters. The van der Waals surface area contributed by atoms with Crippen LogP contribution in [0.25, 0.3) is 5.57 Å². The molecule has 0 fully saturated rings. The molecule has 0 aromatic carbocycles. The van der Waals surface area contributed by atoms with Crippen LogP contribution in [0.3, 0.4) is 0 Å². The first-order chi connectivity index (χ1) is 5.75. The summed E-state index contributed by atoms with van der Waals surface area (Å²) < 4.78 is 0. The summed E-state index contributed by atoms with van der Waals surface area (Å²) in [6.45, 7) is 4.47. The van der Waals surface area contributed by atoms with E-state index in [4.69, 9.17) is 5.73 Å². The van der Waals surface area contributed by atoms with Crippen molar-refractivity contribution in [1.29, 1.82) is 0 Å². The van der Waals surface area contributed by atoms with Crippen LogP contribution < -0.4 is 5.73 Å². The largest absolute Gasteiger partial charge is 0.327 e. The van der Waals surface area contributed by atoms with E-state index in [2.05, 4.69) is 9.97 Å². The molecule has 3 nitrogen and oxygen atoms in total. The number of nitrogens with two attached hydrogens (primary N) is 1. The SMILES string of the molecule is C/C(=C\CN)c1nccnc1C. The van der Waals surface area contributed by atoms with Crippen molar-refractivity contribution in [2.75, 3.05) is 6.54 Å². The Hall–Kier alpha value is -1.22. The first-order valence-electron chi connectivity index (χ1n) is 3.90. The van der Waals surface area contributed by atoms with Crippen molar-refractivity contribution < 1.29 is 0 Å². The van der Waals surface area contributed by atoms with Gasteiger partial charge in [-0.05, 0) is 19.4 Å². The molecule has 0 amide bonds. The third-order valence-electron chi connectivity index (χ3n) is 1.68. The first kappa shape index (κ1) is 8.87. The summed E-state index contributed by atoms with van der Waals surface area (Å²) >= 11 is 0. The minimum Gasteiger partial charge on any atom is -0.327 e. The van der Waals surface area contributed by atoms with E-state index in [0.29, 0.717) is 6.54 Å². The van der Waals surface area contributed by atoms with E-state index in [0.717, 1.165) is 17.0 Å². The van der Waals surface area contributed by atoms with E-state index >= 15 is 0 Å². The second-order valence-corrected chi connectivity index (χ2v) is 2.61. The van der Waals surface area contributed by atoms with Gasteiger partial charge >= 0.3 is 0 Å². The molecule has 0 spiro atoms. The Morgan fingerprint density at radius 1 is 1.50 bits per heavy atom. The molecule has 0 bridgehead atoms. The van der Waals surface area contributed by atoms with E-state index in [1.165, 1.54) is 0 Å². The van der Waals surface area contributed by atoms with Gasteiger partial charge < -0.3 is 5.73 Å². The van der Waals surface area contributed by atoms with E-state index in [1.54, 1.807) is 12.4 Å². The van der Waals surface area contributed by atoms with Gasteiger partial charge in [0.15, 0.2) is 0 Å². The lowest BCUT2D eigenvalue weighted by Crippen LogP contribution is -1.98. The van der Waals surface area contributed by atoms with Crippen LogP contribution in [0.4, 0.5) is 0 Å². The van der Waals surface area contributed by atoms with Gasteiger partial charge in [-0.1, -0.05) is 6.08 Å². The van der Waals surface area contributed by atoms with Gasteiger partial charge in [0.1, 0.15) is 0 Å². The summed E-state index contributed by atoms with van der Waals surface area (Å²) in [7, 11) is 0. The third-order valence-corrected chi connectivity index (χ3v) is 1.68. The van der Waals surface area contributed by atoms with Crippen molar-refractivity contribution >= 4 is 5.57 Å². The van der Waals surface area contributed by atoms with Crippen molar-refractivity contribution in [2.45, 2.75) is 13.8 Å². The van der Waals surface area contributed by atoms with Crippen LogP contribution in [0.1, 0.15) is 18.3 Å². The third kappa shape index (κ3) is 1.89. The number of aryl methyl sites for hydroxylation is 1. The minimum atomic E-state index is 0.543. The topological polar surface area (TPSA) is 51.8 Å². The van der Waals surface area contributed by atoms with Crippen LogP contribution in [0.2, 0.25) is 0 Å². The monoisotopic (exact) mass is 163 g/mol. The normalized spacial score (nSPS) is 11.8. The Morgan fingerprint density at radius 3 is 2.75 bits per heavy atom. The fourth-order valence-electron chi connectivity index (χ4n) is 1.07. The van der Waals surface area contributed by atoms with Gasteiger partial charge in [0.25, 0.3) is 0 Å². The molecule has 0 aliphatic carbocycles. The molecule has 0 radical (unpaired) electrons. The quantitative estimate of drug-likeness (QED) is 0.711. The molecule has 0 saturated carbocycles. The Morgan fingerprint density at radius 2 is 2.17 bits per heavy atom. The zero-order valence-electron chi connectivity index (χ0n) is 7.41. The number of allylic oxidation sites excluding steroid dienone is 1. The van der Waals surface area contributed by atoms with Crippen LogP contribution in [-0.2, 0) is 0 Å². The standard InChI is InChI=1S/C9H13N3/c1-7(3-4-10)9-8(2)11-5-6-12-9/h3,5-6H,4,10H2,1-2H3/b7-3+. The van der Waals surface area contributed by atoms with Crippen molar-refractivity contribution in [2.24, 2.45) is 5.73 Å². The number of hydrogen-bond acceptors (Lipinski definition) is 3. The highest BCUT2D eigenvalue weighted by Gasteiger charge is 2.00. The van der Waals surface area contributed by atoms with E-state index in [1.807, 2.05) is 19.9 Å². The zero-order chi connectivity index (χ0) is 8.97. The van der Waals surface area contributed by atoms with E-state index in [-0.39, 0.29) is 0 Å². The summed E-state index contributed by atoms with van der Waals surface area (Å²) in [6, 6.07) is 0. The lowest BCUT2D eigenvalue weighted by atomic mass is 10.1. The van der Waals surface area contributed by atoms with Crippen LogP contribution >= 0.6 is 0 Å². The van der Waals surface area contributed by atoms with E-state index < -0.39 is 0 Å². The fourth-order valence-corrected chi connectivity index (χ4v) is 1.07. The van der Waals surface area contributed by atoms with Crippen molar-refractivity contribution in [1.82, 2.24) is 9.97 Å². The minimum absolute atomic E-state index is 0.543. The zero-order valence-corrected chi connectivity index (χ0v) is 7.41. The molecular weight excluding hydrogens is 150 g/mol. The average Bonchev–Trinajstić information content (AvgIpc) is 2.05. The number of nitrogens with zero attached hydrogens (tertiary/aromatic N) is 2. The summed E-state index contributed by atoms with van der Waals surface area (Å²) in [4.78, 5) is 8.35. The maximum Gasteiger partial charge on any atom is 0.0868 e. The smallest absolute Gasteiger partial charge is 0.0868 e. The predicted octanol–water partition coefficient (Wildman–Crippen LogP) is 1.15. The lowest BCUT2D eigenvalue weighted by Gasteiger charge is -2.02. The Labute approximate surface area is 72.3 Å². The molecule has 64 valence electrons. The van der Waals surface area contributed by atoms with Gasteiger partial charge in [-0.25, -0.2) is 0 Å². The highest BCUT2D eigenvalue weighted by molar-refractivity contribution is 5.61. The molecule has 1 heterocycles. The fraction of sp³-hybridized carbons (Fsp3) is 0.333. The highest BCUT2D eigenvalue weighted by Crippen LogP contribution is 2.11. The number of hydrogen-bond donors (Lipinski definition) is 1. The second kappa shape index (κ2) is 3.97. The molecule has 0 unspecified atom stereocenters. The second-order valence-electron chi connectivity index (χ2n) is 2.61. The molecule has 3 heteroatoms. The van der Waals surface area contributed by atoms with Crippen molar-refractivity contribution in [3.63, 3.8) is 0 Å². The van der Waals surface area contributed by atoms with Crippen LogP contribution in [-0.4, -0.2) is 16.5 Å². The van der Waals surface area contributed by atoms with Gasteiger partial charge in [0.2, 0.25) is 0 Å². The Kier molecular flexibility index (Phi) is 2.94. The van der Waals surface area contributed by atoms with Gasteiger partial charge in [0.05, 0.1) is 11.4 Å². The maximum atomic E-state index is 5.39. The molecule has 0 aliphatic rings. The van der Waals surface area contributed by atoms with Gasteiger partial charge in [-0.15, -0.1) is 0 Å². The first-order valence-corrected chi connectivity index (χ1v) is 3.90. The summed E-state index contributed by atoms with van der Waals surface area (Å²) in [5, 5.41) is 0. The molecule has 1 aromatic heterocycles. The summed E-state index contributed by atoms with van der Waals surface area (Å²) in [6.07, 6.45) is 5.32. The van der Waals surface area contributed by atoms with Crippen LogP contribution in [0.15, 0.2) is 18.5 Å². The predicted molar refractivity (Wildman–Crippen MR) is 49.5 cm³/mol. The average molecular weight is 163 g/mol.